The van der Waals surface area contributed by atoms with Crippen LogP contribution in [0, 0.1) is 12.8 Å². The molecular weight excluding hydrogens is 300 g/mol. The largest absolute Gasteiger partial charge is 0.465 e. The highest BCUT2D eigenvalue weighted by molar-refractivity contribution is 5.89. The van der Waals surface area contributed by atoms with Gasteiger partial charge in [0.25, 0.3) is 0 Å². The van der Waals surface area contributed by atoms with Crippen LogP contribution in [0.5, 0.6) is 0 Å². The molecule has 0 saturated heterocycles. The second kappa shape index (κ2) is 6.73. The number of esters is 1. The molecule has 0 fully saturated rings. The van der Waals surface area contributed by atoms with E-state index in [0.29, 0.717) is 11.5 Å². The predicted molar refractivity (Wildman–Crippen MR) is 93.6 cm³/mol. The maximum atomic E-state index is 11.8. The van der Waals surface area contributed by atoms with E-state index < -0.39 is 0 Å². The molecule has 24 heavy (non-hydrogen) atoms. The van der Waals surface area contributed by atoms with Crippen LogP contribution >= 0.6 is 0 Å². The van der Waals surface area contributed by atoms with E-state index in [1.807, 2.05) is 6.07 Å². The number of benzene rings is 1. The zero-order valence-corrected chi connectivity index (χ0v) is 14.7. The number of nitrogens with zero attached hydrogens (tertiary/aromatic N) is 2. The minimum Gasteiger partial charge on any atom is -0.465 e. The van der Waals surface area contributed by atoms with Crippen molar-refractivity contribution in [2.24, 2.45) is 5.92 Å². The molecule has 2 aromatic rings. The average molecular weight is 324 g/mol. The Balaban J connectivity index is 1.88. The van der Waals surface area contributed by atoms with Crippen LogP contribution in [0.4, 0.5) is 0 Å². The Kier molecular flexibility index (Phi) is 4.67. The lowest BCUT2D eigenvalue weighted by atomic mass is 9.99. The molecule has 2 heterocycles. The number of carbonyl (C=O) groups is 1. The Hall–Kier alpha value is -2.20. The van der Waals surface area contributed by atoms with Crippen LogP contribution in [0.15, 0.2) is 36.5 Å². The van der Waals surface area contributed by atoms with Crippen molar-refractivity contribution in [2.75, 3.05) is 7.11 Å². The number of aryl methyl sites for hydroxylation is 1. The van der Waals surface area contributed by atoms with Crippen LogP contribution in [0.3, 0.4) is 0 Å². The number of hydrogen-bond acceptors (Lipinski definition) is 4. The number of rotatable bonds is 4. The monoisotopic (exact) mass is 324 g/mol. The summed E-state index contributed by atoms with van der Waals surface area (Å²) in [6.07, 6.45) is 1.63. The molecule has 0 aliphatic carbocycles. The van der Waals surface area contributed by atoms with Crippen molar-refractivity contribution in [1.29, 1.82) is 0 Å². The van der Waals surface area contributed by atoms with E-state index in [2.05, 4.69) is 54.9 Å². The molecule has 0 bridgehead atoms. The van der Waals surface area contributed by atoms with E-state index in [1.165, 1.54) is 18.2 Å². The fraction of sp³-hybridized carbons (Fsp3) is 0.400. The molecule has 0 N–H and O–H groups in total. The van der Waals surface area contributed by atoms with Gasteiger partial charge in [-0.2, -0.15) is 0 Å². The molecule has 1 atom stereocenters. The summed E-state index contributed by atoms with van der Waals surface area (Å²) >= 11 is 0. The summed E-state index contributed by atoms with van der Waals surface area (Å²) in [7, 11) is 1.40. The van der Waals surface area contributed by atoms with Gasteiger partial charge in [0.1, 0.15) is 0 Å². The van der Waals surface area contributed by atoms with E-state index in [4.69, 9.17) is 4.74 Å². The highest BCUT2D eigenvalue weighted by Gasteiger charge is 2.34. The van der Waals surface area contributed by atoms with Crippen molar-refractivity contribution in [2.45, 2.75) is 39.9 Å². The van der Waals surface area contributed by atoms with Crippen LogP contribution < -0.4 is 0 Å². The first-order valence-corrected chi connectivity index (χ1v) is 8.36. The molecule has 1 aromatic heterocycles. The summed E-state index contributed by atoms with van der Waals surface area (Å²) in [6.45, 7) is 8.23. The third-order valence-corrected chi connectivity index (χ3v) is 4.61. The van der Waals surface area contributed by atoms with Crippen LogP contribution in [-0.4, -0.2) is 23.0 Å². The zero-order chi connectivity index (χ0) is 17.3. The Morgan fingerprint density at radius 2 is 2.04 bits per heavy atom. The van der Waals surface area contributed by atoms with Crippen molar-refractivity contribution in [3.05, 3.63) is 64.5 Å². The smallest absolute Gasteiger partial charge is 0.339 e. The minimum absolute atomic E-state index is 0.271. The van der Waals surface area contributed by atoms with Gasteiger partial charge < -0.3 is 4.74 Å². The zero-order valence-electron chi connectivity index (χ0n) is 14.7. The van der Waals surface area contributed by atoms with E-state index in [0.717, 1.165) is 24.3 Å². The summed E-state index contributed by atoms with van der Waals surface area (Å²) < 4.78 is 4.81. The lowest BCUT2D eigenvalue weighted by Gasteiger charge is -2.27. The van der Waals surface area contributed by atoms with Gasteiger partial charge >= 0.3 is 5.97 Å². The number of pyridine rings is 1. The molecule has 0 saturated carbocycles. The first-order valence-electron chi connectivity index (χ1n) is 8.36. The third kappa shape index (κ3) is 3.20. The minimum atomic E-state index is -0.330. The van der Waals surface area contributed by atoms with Gasteiger partial charge in [0.2, 0.25) is 0 Å². The Morgan fingerprint density at radius 3 is 2.67 bits per heavy atom. The van der Waals surface area contributed by atoms with Gasteiger partial charge in [0, 0.05) is 19.3 Å². The lowest BCUT2D eigenvalue weighted by molar-refractivity contribution is 0.0600. The summed E-state index contributed by atoms with van der Waals surface area (Å²) in [5, 5.41) is 0. The second-order valence-electron chi connectivity index (χ2n) is 6.84. The van der Waals surface area contributed by atoms with Gasteiger partial charge in [-0.15, -0.1) is 0 Å². The number of aromatic nitrogens is 1. The molecule has 4 nitrogen and oxygen atoms in total. The Morgan fingerprint density at radius 1 is 1.33 bits per heavy atom. The van der Waals surface area contributed by atoms with Crippen LogP contribution in [0.2, 0.25) is 0 Å². The number of ether oxygens (including phenoxy) is 1. The first-order chi connectivity index (χ1) is 11.5. The molecule has 0 spiro atoms. The van der Waals surface area contributed by atoms with Gasteiger partial charge in [0.05, 0.1) is 24.4 Å². The summed E-state index contributed by atoms with van der Waals surface area (Å²) in [4.78, 5) is 18.8. The van der Waals surface area contributed by atoms with Gasteiger partial charge in [-0.1, -0.05) is 43.7 Å². The van der Waals surface area contributed by atoms with E-state index in [-0.39, 0.29) is 12.0 Å². The maximum absolute atomic E-state index is 11.8. The predicted octanol–water partition coefficient (Wildman–Crippen LogP) is 3.89. The summed E-state index contributed by atoms with van der Waals surface area (Å²) in [5.74, 6) is 0.122. The number of methoxy groups -OCH3 is 1. The summed E-state index contributed by atoms with van der Waals surface area (Å²) in [6, 6.07) is 10.9. The first kappa shape index (κ1) is 16.7. The molecule has 126 valence electrons. The standard InChI is InChI=1S/C20H24N2O2/c1-13(2)19-18-17(9-16(10-21-18)20(23)24-4)12-22(19)11-15-7-5-14(3)6-8-15/h5-10,13,19H,11-12H2,1-4H3/t19-/m0/s1. The number of fused-ring (bicyclic) bond motifs is 1. The molecule has 0 unspecified atom stereocenters. The van der Waals surface area contributed by atoms with Crippen molar-refractivity contribution in [3.8, 4) is 0 Å². The Bertz CT molecular complexity index is 738. The highest BCUT2D eigenvalue weighted by atomic mass is 16.5. The van der Waals surface area contributed by atoms with E-state index in [9.17, 15) is 4.79 Å². The van der Waals surface area contributed by atoms with Crippen LogP contribution in [0.25, 0.3) is 0 Å². The van der Waals surface area contributed by atoms with Crippen molar-refractivity contribution >= 4 is 5.97 Å². The fourth-order valence-corrected chi connectivity index (χ4v) is 3.45. The molecule has 4 heteroatoms. The lowest BCUT2D eigenvalue weighted by Crippen LogP contribution is -2.25. The van der Waals surface area contributed by atoms with E-state index >= 15 is 0 Å². The molecule has 1 aliphatic heterocycles. The average Bonchev–Trinajstić information content (AvgIpc) is 2.93. The number of hydrogen-bond donors (Lipinski definition) is 0. The third-order valence-electron chi connectivity index (χ3n) is 4.61. The topological polar surface area (TPSA) is 42.4 Å². The van der Waals surface area contributed by atoms with Crippen LogP contribution in [0.1, 0.15) is 52.6 Å². The fourth-order valence-electron chi connectivity index (χ4n) is 3.45. The van der Waals surface area contributed by atoms with Gasteiger partial charge in [-0.25, -0.2) is 4.79 Å². The summed E-state index contributed by atoms with van der Waals surface area (Å²) in [5.41, 5.74) is 5.31. The molecule has 1 aliphatic rings. The van der Waals surface area contributed by atoms with Crippen molar-refractivity contribution in [3.63, 3.8) is 0 Å². The second-order valence-corrected chi connectivity index (χ2v) is 6.84. The molecule has 3 rings (SSSR count). The number of carbonyl (C=O) groups excluding carboxylic acids is 1. The SMILES string of the molecule is COC(=O)c1cnc2c(c1)CN(Cc1ccc(C)cc1)[C@H]2C(C)C. The molecular formula is C20H24N2O2. The normalized spacial score (nSPS) is 17.1. The van der Waals surface area contributed by atoms with Crippen molar-refractivity contribution in [1.82, 2.24) is 9.88 Å². The molecule has 0 amide bonds. The highest BCUT2D eigenvalue weighted by Crippen LogP contribution is 2.38. The van der Waals surface area contributed by atoms with Gasteiger partial charge in [0.15, 0.2) is 0 Å². The Labute approximate surface area is 143 Å². The maximum Gasteiger partial charge on any atom is 0.339 e. The molecule has 0 radical (unpaired) electrons. The van der Waals surface area contributed by atoms with Crippen LogP contribution in [-0.2, 0) is 17.8 Å². The van der Waals surface area contributed by atoms with E-state index in [1.54, 1.807) is 6.20 Å². The molecule has 1 aromatic carbocycles. The van der Waals surface area contributed by atoms with Crippen molar-refractivity contribution < 1.29 is 9.53 Å². The van der Waals surface area contributed by atoms with Gasteiger partial charge in [-0.05, 0) is 30.0 Å². The quantitative estimate of drug-likeness (QED) is 0.800. The van der Waals surface area contributed by atoms with Gasteiger partial charge in [-0.3, -0.25) is 9.88 Å².